The number of benzene rings is 3. The number of unbranched alkanes of at least 4 members (excludes halogenated alkanes) is 2. The first-order valence-electron chi connectivity index (χ1n) is 15.1. The molecule has 0 spiro atoms. The number of hydrogen-bond acceptors (Lipinski definition) is 5. The maximum atomic E-state index is 13.1. The van der Waals surface area contributed by atoms with E-state index in [1.54, 1.807) is 36.4 Å². The van der Waals surface area contributed by atoms with Gasteiger partial charge in [-0.2, -0.15) is 0 Å². The molecular weight excluding hydrogens is 559 g/mol. The van der Waals surface area contributed by atoms with Crippen molar-refractivity contribution in [2.45, 2.75) is 79.1 Å². The minimum absolute atomic E-state index is 0.399. The first-order valence-corrected chi connectivity index (χ1v) is 16.5. The average molecular weight is 606 g/mol. The Hall–Kier alpha value is -2.96. The van der Waals surface area contributed by atoms with Crippen LogP contribution in [0.4, 0.5) is 0 Å². The summed E-state index contributed by atoms with van der Waals surface area (Å²) in [6.45, 7) is 10.2. The summed E-state index contributed by atoms with van der Waals surface area (Å²) < 4.78 is 32.0. The van der Waals surface area contributed by atoms with Gasteiger partial charge in [0.05, 0.1) is 0 Å². The van der Waals surface area contributed by atoms with Crippen molar-refractivity contribution in [3.8, 4) is 17.2 Å². The third-order valence-corrected chi connectivity index (χ3v) is 9.09. The summed E-state index contributed by atoms with van der Waals surface area (Å²) in [7, 11) is 0. The van der Waals surface area contributed by atoms with Crippen LogP contribution in [0.3, 0.4) is 0 Å². The van der Waals surface area contributed by atoms with Gasteiger partial charge in [0.15, 0.2) is 0 Å². The van der Waals surface area contributed by atoms with E-state index in [2.05, 4.69) is 27.7 Å². The first kappa shape index (κ1) is 32.5. The topological polar surface area (TPSA) is 61.8 Å². The van der Waals surface area contributed by atoms with E-state index in [1.807, 2.05) is 36.4 Å². The van der Waals surface area contributed by atoms with Gasteiger partial charge < -0.3 is 0 Å². The van der Waals surface area contributed by atoms with Gasteiger partial charge in [0.1, 0.15) is 0 Å². The van der Waals surface area contributed by atoms with E-state index in [0.29, 0.717) is 40.9 Å². The van der Waals surface area contributed by atoms with E-state index >= 15 is 0 Å². The Morgan fingerprint density at radius 1 is 0.634 bits per heavy atom. The van der Waals surface area contributed by atoms with Crippen LogP contribution in [0.1, 0.15) is 89.4 Å². The van der Waals surface area contributed by atoms with Crippen molar-refractivity contribution in [1.82, 2.24) is 0 Å². The molecule has 2 atom stereocenters. The normalized spacial score (nSPS) is 12.8. The van der Waals surface area contributed by atoms with Crippen molar-refractivity contribution < 1.29 is 36.5 Å². The maximum absolute atomic E-state index is 13.1. The van der Waals surface area contributed by atoms with E-state index in [-0.39, 0.29) is 0 Å². The Balaban J connectivity index is 1.50. The molecule has 0 fully saturated rings. The molecule has 3 aromatic rings. The van der Waals surface area contributed by atoms with Gasteiger partial charge in [0.2, 0.25) is 0 Å². The molecule has 0 amide bonds. The molecule has 0 aromatic heterocycles. The van der Waals surface area contributed by atoms with Crippen molar-refractivity contribution in [1.29, 1.82) is 0 Å². The monoisotopic (exact) mass is 605 g/mol. The SMILES string of the molecule is CCCCC(CC)COc1ccc(OC(=O)c2cc[c]([Co](=[O])[c]3ccc(OCC(CC)CCCC)cc3)cc2)cc1. The van der Waals surface area contributed by atoms with Gasteiger partial charge in [-0.3, -0.25) is 0 Å². The summed E-state index contributed by atoms with van der Waals surface area (Å²) >= 11 is -1.76. The van der Waals surface area contributed by atoms with Crippen LogP contribution in [0.2, 0.25) is 0 Å². The van der Waals surface area contributed by atoms with Crippen molar-refractivity contribution in [2.75, 3.05) is 13.2 Å². The molecule has 3 rings (SSSR count). The van der Waals surface area contributed by atoms with Gasteiger partial charge in [-0.25, -0.2) is 0 Å². The quantitative estimate of drug-likeness (QED) is 0.109. The molecule has 0 saturated heterocycles. The van der Waals surface area contributed by atoms with Crippen LogP contribution < -0.4 is 23.2 Å². The molecule has 0 bridgehead atoms. The Kier molecular flexibility index (Phi) is 14.1. The van der Waals surface area contributed by atoms with Gasteiger partial charge in [0.25, 0.3) is 0 Å². The van der Waals surface area contributed by atoms with Crippen LogP contribution in [-0.4, -0.2) is 19.2 Å². The Bertz CT molecular complexity index is 1190. The second kappa shape index (κ2) is 17.8. The molecule has 0 saturated carbocycles. The predicted molar refractivity (Wildman–Crippen MR) is 162 cm³/mol. The standard InChI is InChI=1S/C21H25O3.C14H21O.Co.O/c1-3-5-9-17(4-2)16-23-19-12-14-20(15-13-19)24-21(22)18-10-7-6-8-11-18;1-3-5-9-13(4-2)12-15-14-10-7-6-8-11-14;;/h7-8,10-15,17H,3-5,9,16H2,1-2H3;7-8,10-11,13H,3-5,9,12H2,1-2H3;;. The second-order valence-electron chi connectivity index (χ2n) is 10.4. The zero-order chi connectivity index (χ0) is 29.5. The van der Waals surface area contributed by atoms with Crippen LogP contribution in [0, 0.1) is 11.8 Å². The van der Waals surface area contributed by atoms with Crippen LogP contribution in [0.5, 0.6) is 17.2 Å². The fraction of sp³-hybridized carbons (Fsp3) is 0.457. The molecule has 225 valence electrons. The third-order valence-electron chi connectivity index (χ3n) is 7.31. The summed E-state index contributed by atoms with van der Waals surface area (Å²) in [5.74, 6) is 2.66. The Morgan fingerprint density at radius 3 is 1.49 bits per heavy atom. The molecule has 41 heavy (non-hydrogen) atoms. The Labute approximate surface area is 250 Å². The fourth-order valence-corrected chi connectivity index (χ4v) is 5.73. The number of carbonyl (C=O) groups excluding carboxylic acids is 1. The van der Waals surface area contributed by atoms with Crippen molar-refractivity contribution in [3.63, 3.8) is 0 Å². The molecule has 0 radical (unpaired) electrons. The fourth-order valence-electron chi connectivity index (χ4n) is 4.41. The second-order valence-corrected chi connectivity index (χ2v) is 12.3. The summed E-state index contributed by atoms with van der Waals surface area (Å²) in [6, 6.07) is 21.3. The number of hydrogen-bond donors (Lipinski definition) is 0. The molecule has 0 aliphatic heterocycles. The van der Waals surface area contributed by atoms with E-state index in [9.17, 15) is 8.66 Å². The van der Waals surface area contributed by atoms with Crippen LogP contribution in [-0.2, 0) is 17.5 Å². The van der Waals surface area contributed by atoms with Gasteiger partial charge in [0, 0.05) is 0 Å². The van der Waals surface area contributed by atoms with Gasteiger partial charge >= 0.3 is 206 Å². The van der Waals surface area contributed by atoms with Gasteiger partial charge in [-0.1, -0.05) is 33.1 Å². The molecule has 3 aromatic carbocycles. The molecule has 6 heteroatoms. The molecule has 0 heterocycles. The molecule has 2 unspecified atom stereocenters. The average Bonchev–Trinajstić information content (AvgIpc) is 3.02. The van der Waals surface area contributed by atoms with E-state index in [1.165, 1.54) is 38.5 Å². The number of esters is 1. The molecule has 5 nitrogen and oxygen atoms in total. The van der Waals surface area contributed by atoms with Crippen LogP contribution >= 0.6 is 0 Å². The summed E-state index contributed by atoms with van der Waals surface area (Å²) in [5, 5.41) is 0. The van der Waals surface area contributed by atoms with Crippen LogP contribution in [0.15, 0.2) is 72.8 Å². The minimum atomic E-state index is -1.76. The van der Waals surface area contributed by atoms with E-state index < -0.39 is 19.6 Å². The van der Waals surface area contributed by atoms with Gasteiger partial charge in [-0.05, 0) is 12.3 Å². The molecule has 0 N–H and O–H groups in total. The van der Waals surface area contributed by atoms with Crippen LogP contribution in [0.25, 0.3) is 0 Å². The third kappa shape index (κ3) is 10.7. The van der Waals surface area contributed by atoms with Gasteiger partial charge in [-0.15, -0.1) is 0 Å². The van der Waals surface area contributed by atoms with Crippen molar-refractivity contribution in [2.24, 2.45) is 11.8 Å². The van der Waals surface area contributed by atoms with Crippen molar-refractivity contribution in [3.05, 3.63) is 78.4 Å². The van der Waals surface area contributed by atoms with Crippen molar-refractivity contribution >= 4 is 15.0 Å². The molecule has 0 aliphatic carbocycles. The number of rotatable bonds is 18. The zero-order valence-electron chi connectivity index (χ0n) is 25.0. The predicted octanol–water partition coefficient (Wildman–Crippen LogP) is 8.01. The zero-order valence-corrected chi connectivity index (χ0v) is 26.1. The van der Waals surface area contributed by atoms with E-state index in [0.717, 1.165) is 28.8 Å². The summed E-state index contributed by atoms with van der Waals surface area (Å²) in [6.07, 6.45) is 9.39. The Morgan fingerprint density at radius 2 is 1.05 bits per heavy atom. The molecular formula is C35H46CoO5. The summed E-state index contributed by atoms with van der Waals surface area (Å²) in [5.41, 5.74) is 0.399. The molecule has 0 aliphatic rings. The number of carbonyl (C=O) groups is 1. The first-order chi connectivity index (χ1) is 20.0. The van der Waals surface area contributed by atoms with E-state index in [4.69, 9.17) is 14.2 Å². The number of ether oxygens (including phenoxy) is 3. The summed E-state index contributed by atoms with van der Waals surface area (Å²) in [4.78, 5) is 12.7.